The van der Waals surface area contributed by atoms with Crippen LogP contribution in [0.4, 0.5) is 0 Å². The van der Waals surface area contributed by atoms with Crippen LogP contribution in [0.3, 0.4) is 0 Å². The summed E-state index contributed by atoms with van der Waals surface area (Å²) in [6.45, 7) is 9.58. The van der Waals surface area contributed by atoms with Gasteiger partial charge in [0.1, 0.15) is 6.33 Å². The summed E-state index contributed by atoms with van der Waals surface area (Å²) in [4.78, 5) is 0. The smallest absolute Gasteiger partial charge is 0.164 e. The molecular weight excluding hydrogens is 210 g/mol. The Morgan fingerprint density at radius 2 is 2.00 bits per heavy atom. The zero-order valence-corrected chi connectivity index (χ0v) is 10.9. The van der Waals surface area contributed by atoms with E-state index in [1.807, 2.05) is 6.33 Å². The van der Waals surface area contributed by atoms with Gasteiger partial charge >= 0.3 is 0 Å². The Hall–Kier alpha value is -1.64. The van der Waals surface area contributed by atoms with Crippen LogP contribution in [0.25, 0.3) is 11.4 Å². The highest BCUT2D eigenvalue weighted by atomic mass is 15.3. The van der Waals surface area contributed by atoms with Gasteiger partial charge in [0.05, 0.1) is 0 Å². The van der Waals surface area contributed by atoms with Crippen molar-refractivity contribution in [2.24, 2.45) is 5.92 Å². The molecule has 0 aliphatic rings. The molecule has 0 N–H and O–H groups in total. The van der Waals surface area contributed by atoms with Crippen LogP contribution in [0.15, 0.2) is 24.5 Å². The van der Waals surface area contributed by atoms with Crippen LogP contribution < -0.4 is 0 Å². The lowest BCUT2D eigenvalue weighted by molar-refractivity contribution is 0.525. The summed E-state index contributed by atoms with van der Waals surface area (Å²) in [6, 6.07) is 6.44. The Balaban J connectivity index is 2.42. The van der Waals surface area contributed by atoms with Gasteiger partial charge in [0, 0.05) is 12.1 Å². The summed E-state index contributed by atoms with van der Waals surface area (Å²) in [7, 11) is 0. The molecule has 17 heavy (non-hydrogen) atoms. The van der Waals surface area contributed by atoms with Crippen molar-refractivity contribution >= 4 is 0 Å². The fourth-order valence-electron chi connectivity index (χ4n) is 2.06. The molecule has 0 unspecified atom stereocenters. The van der Waals surface area contributed by atoms with Crippen molar-refractivity contribution in [2.75, 3.05) is 0 Å². The second kappa shape index (κ2) is 4.70. The third-order valence-electron chi connectivity index (χ3n) is 2.80. The minimum absolute atomic E-state index is 0.593. The Labute approximate surface area is 103 Å². The lowest BCUT2D eigenvalue weighted by atomic mass is 10.1. The fourth-order valence-corrected chi connectivity index (χ4v) is 2.06. The maximum absolute atomic E-state index is 4.24. The van der Waals surface area contributed by atoms with Crippen molar-refractivity contribution in [1.29, 1.82) is 0 Å². The topological polar surface area (TPSA) is 30.7 Å². The monoisotopic (exact) mass is 229 g/mol. The zero-order chi connectivity index (χ0) is 12.4. The van der Waals surface area contributed by atoms with E-state index in [1.54, 1.807) is 0 Å². The molecule has 0 fully saturated rings. The molecule has 0 radical (unpaired) electrons. The fraction of sp³-hybridized carbons (Fsp3) is 0.429. The Morgan fingerprint density at radius 3 is 2.65 bits per heavy atom. The molecule has 2 rings (SSSR count). The van der Waals surface area contributed by atoms with E-state index in [4.69, 9.17) is 0 Å². The van der Waals surface area contributed by atoms with Crippen LogP contribution in [-0.4, -0.2) is 14.8 Å². The van der Waals surface area contributed by atoms with Crippen LogP contribution in [-0.2, 0) is 6.54 Å². The molecule has 0 spiro atoms. The van der Waals surface area contributed by atoms with Crippen molar-refractivity contribution in [3.8, 4) is 11.4 Å². The highest BCUT2D eigenvalue weighted by Gasteiger charge is 2.10. The summed E-state index contributed by atoms with van der Waals surface area (Å²) < 4.78 is 2.13. The van der Waals surface area contributed by atoms with Gasteiger partial charge in [0.2, 0.25) is 0 Å². The summed E-state index contributed by atoms with van der Waals surface area (Å²) in [6.07, 6.45) is 1.81. The van der Waals surface area contributed by atoms with Gasteiger partial charge in [-0.25, -0.2) is 0 Å². The average molecular weight is 229 g/mol. The third kappa shape index (κ3) is 2.54. The van der Waals surface area contributed by atoms with Crippen molar-refractivity contribution in [2.45, 2.75) is 34.2 Å². The van der Waals surface area contributed by atoms with Crippen LogP contribution >= 0.6 is 0 Å². The molecule has 0 aliphatic carbocycles. The maximum Gasteiger partial charge on any atom is 0.164 e. The first kappa shape index (κ1) is 11.8. The first-order chi connectivity index (χ1) is 8.08. The second-order valence-corrected chi connectivity index (χ2v) is 5.02. The van der Waals surface area contributed by atoms with Gasteiger partial charge in [0.15, 0.2) is 5.82 Å². The van der Waals surface area contributed by atoms with Gasteiger partial charge in [-0.2, -0.15) is 0 Å². The molecule has 3 nitrogen and oxygen atoms in total. The van der Waals surface area contributed by atoms with Crippen molar-refractivity contribution < 1.29 is 0 Å². The number of hydrogen-bond donors (Lipinski definition) is 0. The summed E-state index contributed by atoms with van der Waals surface area (Å²) in [5.41, 5.74) is 3.71. The minimum atomic E-state index is 0.593. The molecule has 0 amide bonds. The van der Waals surface area contributed by atoms with Gasteiger partial charge in [-0.05, 0) is 25.3 Å². The number of nitrogens with zero attached hydrogens (tertiary/aromatic N) is 3. The zero-order valence-electron chi connectivity index (χ0n) is 10.9. The van der Waals surface area contributed by atoms with E-state index in [1.165, 1.54) is 16.7 Å². The van der Waals surface area contributed by atoms with E-state index in [2.05, 4.69) is 60.7 Å². The van der Waals surface area contributed by atoms with Crippen molar-refractivity contribution in [3.63, 3.8) is 0 Å². The average Bonchev–Trinajstić information content (AvgIpc) is 2.65. The first-order valence-electron chi connectivity index (χ1n) is 6.03. The largest absolute Gasteiger partial charge is 0.313 e. The van der Waals surface area contributed by atoms with Gasteiger partial charge in [-0.1, -0.05) is 37.6 Å². The van der Waals surface area contributed by atoms with Gasteiger partial charge in [0.25, 0.3) is 0 Å². The molecule has 2 aromatic rings. The molecular formula is C14H19N3. The van der Waals surface area contributed by atoms with E-state index in [0.29, 0.717) is 5.92 Å². The molecule has 0 saturated carbocycles. The Morgan fingerprint density at radius 1 is 1.24 bits per heavy atom. The van der Waals surface area contributed by atoms with Gasteiger partial charge in [-0.15, -0.1) is 10.2 Å². The summed E-state index contributed by atoms with van der Waals surface area (Å²) >= 11 is 0. The van der Waals surface area contributed by atoms with Gasteiger partial charge in [-0.3, -0.25) is 0 Å². The third-order valence-corrected chi connectivity index (χ3v) is 2.80. The highest BCUT2D eigenvalue weighted by Crippen LogP contribution is 2.22. The number of aromatic nitrogens is 3. The molecule has 90 valence electrons. The van der Waals surface area contributed by atoms with Crippen LogP contribution in [0, 0.1) is 19.8 Å². The molecule has 0 bridgehead atoms. The predicted molar refractivity (Wildman–Crippen MR) is 69.8 cm³/mol. The molecule has 0 aliphatic heterocycles. The number of hydrogen-bond acceptors (Lipinski definition) is 2. The Bertz CT molecular complexity index is 512. The van der Waals surface area contributed by atoms with Gasteiger partial charge < -0.3 is 4.57 Å². The number of rotatable bonds is 3. The first-order valence-corrected chi connectivity index (χ1v) is 6.03. The molecule has 3 heteroatoms. The van der Waals surface area contributed by atoms with Crippen molar-refractivity contribution in [3.05, 3.63) is 35.7 Å². The quantitative estimate of drug-likeness (QED) is 0.809. The van der Waals surface area contributed by atoms with E-state index in [9.17, 15) is 0 Å². The van der Waals surface area contributed by atoms with Crippen LogP contribution in [0.2, 0.25) is 0 Å². The molecule has 0 saturated heterocycles. The Kier molecular flexibility index (Phi) is 3.27. The SMILES string of the molecule is Cc1ccc(-c2nncn2CC(C)C)c(C)c1. The minimum Gasteiger partial charge on any atom is -0.313 e. The van der Waals surface area contributed by atoms with E-state index < -0.39 is 0 Å². The molecule has 1 aromatic carbocycles. The summed E-state index contributed by atoms with van der Waals surface area (Å²) in [5.74, 6) is 1.56. The summed E-state index contributed by atoms with van der Waals surface area (Å²) in [5, 5.41) is 8.27. The predicted octanol–water partition coefficient (Wildman–Crippen LogP) is 3.22. The molecule has 1 aromatic heterocycles. The number of benzene rings is 1. The van der Waals surface area contributed by atoms with E-state index in [0.717, 1.165) is 12.4 Å². The highest BCUT2D eigenvalue weighted by molar-refractivity contribution is 5.60. The van der Waals surface area contributed by atoms with Crippen molar-refractivity contribution in [1.82, 2.24) is 14.8 Å². The maximum atomic E-state index is 4.24. The van der Waals surface area contributed by atoms with E-state index in [-0.39, 0.29) is 0 Å². The molecule has 0 atom stereocenters. The lowest BCUT2D eigenvalue weighted by Gasteiger charge is -2.11. The number of aryl methyl sites for hydroxylation is 2. The van der Waals surface area contributed by atoms with E-state index >= 15 is 0 Å². The van der Waals surface area contributed by atoms with Crippen LogP contribution in [0.5, 0.6) is 0 Å². The standard InChI is InChI=1S/C14H19N3/c1-10(2)8-17-9-15-16-14(17)13-6-5-11(3)7-12(13)4/h5-7,9-10H,8H2,1-4H3. The lowest BCUT2D eigenvalue weighted by Crippen LogP contribution is -2.05. The molecule has 1 heterocycles. The second-order valence-electron chi connectivity index (χ2n) is 5.02. The van der Waals surface area contributed by atoms with Crippen LogP contribution in [0.1, 0.15) is 25.0 Å². The normalized spacial score (nSPS) is 11.1.